The van der Waals surface area contributed by atoms with E-state index in [1.807, 2.05) is 18.2 Å². The first-order valence-electron chi connectivity index (χ1n) is 7.59. The first kappa shape index (κ1) is 14.1. The molecule has 0 saturated carbocycles. The summed E-state index contributed by atoms with van der Waals surface area (Å²) in [5, 5.41) is 3.29. The number of likely N-dealkylation sites (tertiary alicyclic amines) is 1. The minimum absolute atomic E-state index is 0.0225. The number of carbonyl (C=O) groups excluding carboxylic acids is 2. The van der Waals surface area contributed by atoms with Crippen LogP contribution in [0.15, 0.2) is 24.3 Å². The lowest BCUT2D eigenvalue weighted by Crippen LogP contribution is -2.54. The number of nitrogens with two attached hydrogens (primary N) is 1. The average Bonchev–Trinajstić information content (AvgIpc) is 2.53. The van der Waals surface area contributed by atoms with Crippen molar-refractivity contribution in [1.82, 2.24) is 10.2 Å². The van der Waals surface area contributed by atoms with Gasteiger partial charge >= 0.3 is 0 Å². The van der Waals surface area contributed by atoms with Crippen LogP contribution >= 0.6 is 0 Å². The van der Waals surface area contributed by atoms with Gasteiger partial charge in [0.15, 0.2) is 0 Å². The van der Waals surface area contributed by atoms with E-state index in [0.717, 1.165) is 31.4 Å². The second-order valence-corrected chi connectivity index (χ2v) is 5.78. The van der Waals surface area contributed by atoms with Crippen molar-refractivity contribution in [3.05, 3.63) is 35.4 Å². The van der Waals surface area contributed by atoms with E-state index < -0.39 is 11.9 Å². The van der Waals surface area contributed by atoms with Crippen molar-refractivity contribution in [2.24, 2.45) is 5.73 Å². The van der Waals surface area contributed by atoms with E-state index in [-0.39, 0.29) is 11.9 Å². The van der Waals surface area contributed by atoms with Crippen LogP contribution in [0, 0.1) is 0 Å². The number of rotatable bonds is 2. The smallest absolute Gasteiger partial charge is 0.245 e. The van der Waals surface area contributed by atoms with Gasteiger partial charge in [0.2, 0.25) is 11.8 Å². The maximum Gasteiger partial charge on any atom is 0.245 e. The highest BCUT2D eigenvalue weighted by molar-refractivity contribution is 5.90. The number of primary amides is 1. The van der Waals surface area contributed by atoms with E-state index in [4.69, 9.17) is 5.73 Å². The van der Waals surface area contributed by atoms with Gasteiger partial charge in [0.1, 0.15) is 12.1 Å². The second kappa shape index (κ2) is 5.85. The topological polar surface area (TPSA) is 75.4 Å². The first-order valence-corrected chi connectivity index (χ1v) is 7.59. The Bertz CT molecular complexity index is 558. The van der Waals surface area contributed by atoms with E-state index in [1.54, 1.807) is 4.90 Å². The fraction of sp³-hybridized carbons (Fsp3) is 0.500. The minimum Gasteiger partial charge on any atom is -0.368 e. The van der Waals surface area contributed by atoms with Gasteiger partial charge in [-0.15, -0.1) is 0 Å². The quantitative estimate of drug-likeness (QED) is 0.842. The number of piperidine rings is 1. The summed E-state index contributed by atoms with van der Waals surface area (Å²) in [6.07, 6.45) is 3.49. The normalized spacial score (nSPS) is 25.2. The maximum atomic E-state index is 12.9. The molecule has 0 radical (unpaired) electrons. The second-order valence-electron chi connectivity index (χ2n) is 5.78. The number of carbonyl (C=O) groups is 2. The van der Waals surface area contributed by atoms with Crippen molar-refractivity contribution in [2.75, 3.05) is 13.1 Å². The Morgan fingerprint density at radius 2 is 2.05 bits per heavy atom. The Kier molecular flexibility index (Phi) is 3.92. The Labute approximate surface area is 124 Å². The third-order valence-electron chi connectivity index (χ3n) is 4.47. The van der Waals surface area contributed by atoms with Gasteiger partial charge in [0, 0.05) is 13.1 Å². The maximum absolute atomic E-state index is 12.9. The van der Waals surface area contributed by atoms with Crippen molar-refractivity contribution in [3.8, 4) is 0 Å². The zero-order valence-electron chi connectivity index (χ0n) is 12.0. The molecule has 2 unspecified atom stereocenters. The van der Waals surface area contributed by atoms with Crippen LogP contribution in [0.25, 0.3) is 0 Å². The van der Waals surface area contributed by atoms with E-state index in [9.17, 15) is 9.59 Å². The molecule has 3 N–H and O–H groups in total. The highest BCUT2D eigenvalue weighted by Crippen LogP contribution is 2.27. The monoisotopic (exact) mass is 287 g/mol. The Hall–Kier alpha value is -1.88. The van der Waals surface area contributed by atoms with Gasteiger partial charge in [-0.25, -0.2) is 0 Å². The molecule has 1 fully saturated rings. The lowest BCUT2D eigenvalue weighted by Gasteiger charge is -2.37. The fourth-order valence-electron chi connectivity index (χ4n) is 3.38. The molecule has 0 spiro atoms. The Balaban J connectivity index is 1.86. The molecule has 1 aromatic rings. The summed E-state index contributed by atoms with van der Waals surface area (Å²) < 4.78 is 0. The largest absolute Gasteiger partial charge is 0.368 e. The van der Waals surface area contributed by atoms with E-state index in [0.29, 0.717) is 13.0 Å². The van der Waals surface area contributed by atoms with E-state index >= 15 is 0 Å². The Morgan fingerprint density at radius 1 is 1.24 bits per heavy atom. The van der Waals surface area contributed by atoms with Gasteiger partial charge in [-0.1, -0.05) is 24.3 Å². The first-order chi connectivity index (χ1) is 10.2. The molecule has 1 saturated heterocycles. The van der Waals surface area contributed by atoms with Crippen LogP contribution in [0.3, 0.4) is 0 Å². The number of hydrogen-bond donors (Lipinski definition) is 2. The van der Waals surface area contributed by atoms with Crippen LogP contribution in [0.2, 0.25) is 0 Å². The molecule has 5 nitrogen and oxygen atoms in total. The molecule has 0 aliphatic carbocycles. The number of amides is 2. The van der Waals surface area contributed by atoms with Crippen molar-refractivity contribution in [3.63, 3.8) is 0 Å². The summed E-state index contributed by atoms with van der Waals surface area (Å²) in [5.74, 6) is -0.419. The predicted molar refractivity (Wildman–Crippen MR) is 79.4 cm³/mol. The number of hydrogen-bond acceptors (Lipinski definition) is 3. The number of nitrogens with one attached hydrogen (secondary N) is 1. The molecule has 2 atom stereocenters. The molecule has 2 heterocycles. The van der Waals surface area contributed by atoms with E-state index in [1.165, 1.54) is 5.56 Å². The third kappa shape index (κ3) is 2.65. The standard InChI is InChI=1S/C16H21N3O2/c17-15(20)13-7-3-4-10-19(13)16(21)14-12-6-2-1-5-11(12)8-9-18-14/h1-2,5-6,13-14,18H,3-4,7-10H2,(H2,17,20). The molecule has 21 heavy (non-hydrogen) atoms. The fourth-order valence-corrected chi connectivity index (χ4v) is 3.38. The van der Waals surface area contributed by atoms with Gasteiger partial charge in [-0.2, -0.15) is 0 Å². The molecular formula is C16H21N3O2. The van der Waals surface area contributed by atoms with Gasteiger partial charge in [0.25, 0.3) is 0 Å². The molecular weight excluding hydrogens is 266 g/mol. The van der Waals surface area contributed by atoms with Crippen molar-refractivity contribution >= 4 is 11.8 Å². The van der Waals surface area contributed by atoms with Gasteiger partial charge < -0.3 is 16.0 Å². The van der Waals surface area contributed by atoms with Gasteiger partial charge in [-0.3, -0.25) is 9.59 Å². The zero-order chi connectivity index (χ0) is 14.8. The average molecular weight is 287 g/mol. The number of fused-ring (bicyclic) bond motifs is 1. The number of benzene rings is 1. The lowest BCUT2D eigenvalue weighted by molar-refractivity contribution is -0.143. The highest BCUT2D eigenvalue weighted by Gasteiger charge is 2.36. The highest BCUT2D eigenvalue weighted by atomic mass is 16.2. The van der Waals surface area contributed by atoms with Crippen LogP contribution in [-0.2, 0) is 16.0 Å². The summed E-state index contributed by atoms with van der Waals surface area (Å²) in [6, 6.07) is 7.20. The summed E-state index contributed by atoms with van der Waals surface area (Å²) in [6.45, 7) is 1.40. The zero-order valence-corrected chi connectivity index (χ0v) is 12.0. The van der Waals surface area contributed by atoms with Gasteiger partial charge in [0.05, 0.1) is 0 Å². The lowest BCUT2D eigenvalue weighted by atomic mass is 9.92. The number of nitrogens with zero attached hydrogens (tertiary/aromatic N) is 1. The third-order valence-corrected chi connectivity index (χ3v) is 4.47. The summed E-state index contributed by atoms with van der Waals surface area (Å²) >= 11 is 0. The molecule has 2 aliphatic heterocycles. The molecule has 2 amide bonds. The minimum atomic E-state index is -0.456. The van der Waals surface area contributed by atoms with Crippen LogP contribution in [0.5, 0.6) is 0 Å². The molecule has 1 aromatic carbocycles. The molecule has 5 heteroatoms. The van der Waals surface area contributed by atoms with Crippen molar-refractivity contribution in [2.45, 2.75) is 37.8 Å². The van der Waals surface area contributed by atoms with Crippen LogP contribution in [-0.4, -0.2) is 35.8 Å². The van der Waals surface area contributed by atoms with Gasteiger partial charge in [-0.05, 0) is 36.8 Å². The Morgan fingerprint density at radius 3 is 2.86 bits per heavy atom. The van der Waals surface area contributed by atoms with Crippen molar-refractivity contribution in [1.29, 1.82) is 0 Å². The SMILES string of the molecule is NC(=O)C1CCCCN1C(=O)C1NCCc2ccccc21. The molecule has 3 rings (SSSR count). The van der Waals surface area contributed by atoms with Crippen LogP contribution in [0.1, 0.15) is 36.4 Å². The molecule has 0 aromatic heterocycles. The predicted octanol–water partition coefficient (Wildman–Crippen LogP) is 0.740. The molecule has 2 aliphatic rings. The van der Waals surface area contributed by atoms with Crippen LogP contribution < -0.4 is 11.1 Å². The summed E-state index contributed by atoms with van der Waals surface area (Å²) in [5.41, 5.74) is 7.71. The van der Waals surface area contributed by atoms with Crippen molar-refractivity contribution < 1.29 is 9.59 Å². The summed E-state index contributed by atoms with van der Waals surface area (Å²) in [7, 11) is 0. The molecule has 0 bridgehead atoms. The summed E-state index contributed by atoms with van der Waals surface area (Å²) in [4.78, 5) is 26.2. The van der Waals surface area contributed by atoms with Crippen LogP contribution in [0.4, 0.5) is 0 Å². The molecule has 112 valence electrons. The van der Waals surface area contributed by atoms with E-state index in [2.05, 4.69) is 11.4 Å².